The largest absolute Gasteiger partial charge is 0.368 e. The Balaban J connectivity index is 2.54. The smallest absolute Gasteiger partial charge is 0.239 e. The van der Waals surface area contributed by atoms with E-state index in [-0.39, 0.29) is 5.91 Å². The number of carbonyl (C=O) groups is 2. The van der Waals surface area contributed by atoms with Crippen LogP contribution in [0.15, 0.2) is 30.3 Å². The van der Waals surface area contributed by atoms with Gasteiger partial charge in [0.15, 0.2) is 0 Å². The van der Waals surface area contributed by atoms with Crippen LogP contribution in [0.5, 0.6) is 0 Å². The molecule has 5 N–H and O–H groups in total. The van der Waals surface area contributed by atoms with E-state index in [0.29, 0.717) is 12.8 Å². The molecule has 0 spiro atoms. The standard InChI is InChI=1S/C13H19N3O2/c1-2-11(12(15)17)16-13(18)10(14)8-9-6-4-3-5-7-9/h3-7,10-11H,2,8,14H2,1H3,(H2,15,17)(H,16,18). The van der Waals surface area contributed by atoms with Crippen LogP contribution in [0.4, 0.5) is 0 Å². The second kappa shape index (κ2) is 6.76. The Morgan fingerprint density at radius 1 is 1.28 bits per heavy atom. The van der Waals surface area contributed by atoms with E-state index in [2.05, 4.69) is 5.32 Å². The number of nitrogens with two attached hydrogens (primary N) is 2. The van der Waals surface area contributed by atoms with Gasteiger partial charge in [-0.3, -0.25) is 9.59 Å². The SMILES string of the molecule is CCC(NC(=O)C(N)Cc1ccccc1)C(N)=O. The van der Waals surface area contributed by atoms with Gasteiger partial charge in [0.1, 0.15) is 6.04 Å². The first-order chi connectivity index (χ1) is 8.54. The molecule has 0 aliphatic carbocycles. The summed E-state index contributed by atoms with van der Waals surface area (Å²) in [6.45, 7) is 1.78. The molecule has 0 radical (unpaired) electrons. The Hall–Kier alpha value is -1.88. The highest BCUT2D eigenvalue weighted by Gasteiger charge is 2.20. The van der Waals surface area contributed by atoms with Gasteiger partial charge >= 0.3 is 0 Å². The summed E-state index contributed by atoms with van der Waals surface area (Å²) in [6, 6.07) is 8.14. The Morgan fingerprint density at radius 2 is 1.89 bits per heavy atom. The third kappa shape index (κ3) is 4.18. The summed E-state index contributed by atoms with van der Waals surface area (Å²) < 4.78 is 0. The Kier molecular flexibility index (Phi) is 5.32. The van der Waals surface area contributed by atoms with Crippen molar-refractivity contribution in [3.63, 3.8) is 0 Å². The zero-order chi connectivity index (χ0) is 13.5. The summed E-state index contributed by atoms with van der Waals surface area (Å²) in [5.41, 5.74) is 11.9. The second-order valence-corrected chi connectivity index (χ2v) is 4.17. The molecule has 0 bridgehead atoms. The van der Waals surface area contributed by atoms with E-state index in [1.165, 1.54) is 0 Å². The fourth-order valence-corrected chi connectivity index (χ4v) is 1.61. The van der Waals surface area contributed by atoms with Crippen LogP contribution in [-0.4, -0.2) is 23.9 Å². The number of benzene rings is 1. The number of carbonyl (C=O) groups excluding carboxylic acids is 2. The van der Waals surface area contributed by atoms with E-state index < -0.39 is 18.0 Å². The first kappa shape index (κ1) is 14.2. The molecule has 2 atom stereocenters. The number of amides is 2. The van der Waals surface area contributed by atoms with Gasteiger partial charge in [-0.1, -0.05) is 37.3 Å². The van der Waals surface area contributed by atoms with Gasteiger partial charge in [0.2, 0.25) is 11.8 Å². The minimum atomic E-state index is -0.680. The van der Waals surface area contributed by atoms with Crippen LogP contribution in [0, 0.1) is 0 Å². The van der Waals surface area contributed by atoms with Crippen molar-refractivity contribution in [2.24, 2.45) is 11.5 Å². The lowest BCUT2D eigenvalue weighted by Gasteiger charge is -2.17. The van der Waals surface area contributed by atoms with Crippen molar-refractivity contribution in [3.8, 4) is 0 Å². The van der Waals surface area contributed by atoms with E-state index in [1.807, 2.05) is 30.3 Å². The highest BCUT2D eigenvalue weighted by atomic mass is 16.2. The Labute approximate surface area is 107 Å². The number of rotatable bonds is 6. The molecule has 0 aliphatic rings. The molecule has 98 valence electrons. The lowest BCUT2D eigenvalue weighted by Crippen LogP contribution is -2.50. The van der Waals surface area contributed by atoms with Crippen LogP contribution in [0.1, 0.15) is 18.9 Å². The van der Waals surface area contributed by atoms with Gasteiger partial charge in [-0.2, -0.15) is 0 Å². The van der Waals surface area contributed by atoms with E-state index in [4.69, 9.17) is 11.5 Å². The predicted molar refractivity (Wildman–Crippen MR) is 69.5 cm³/mol. The fourth-order valence-electron chi connectivity index (χ4n) is 1.61. The van der Waals surface area contributed by atoms with Crippen LogP contribution < -0.4 is 16.8 Å². The van der Waals surface area contributed by atoms with Crippen molar-refractivity contribution in [1.29, 1.82) is 0 Å². The zero-order valence-corrected chi connectivity index (χ0v) is 10.4. The van der Waals surface area contributed by atoms with Crippen LogP contribution >= 0.6 is 0 Å². The molecule has 2 amide bonds. The molecule has 5 heteroatoms. The molecule has 0 aliphatic heterocycles. The van der Waals surface area contributed by atoms with Gasteiger partial charge in [0.25, 0.3) is 0 Å². The van der Waals surface area contributed by atoms with Crippen LogP contribution in [0.2, 0.25) is 0 Å². The molecule has 1 aromatic rings. The number of hydrogen-bond acceptors (Lipinski definition) is 3. The molecule has 1 aromatic carbocycles. The van der Waals surface area contributed by atoms with Gasteiger partial charge in [-0.05, 0) is 18.4 Å². The lowest BCUT2D eigenvalue weighted by molar-refractivity contribution is -0.128. The summed E-state index contributed by atoms with van der Waals surface area (Å²) >= 11 is 0. The molecule has 2 unspecified atom stereocenters. The van der Waals surface area contributed by atoms with Crippen molar-refractivity contribution in [1.82, 2.24) is 5.32 Å². The highest BCUT2D eigenvalue weighted by molar-refractivity contribution is 5.88. The monoisotopic (exact) mass is 249 g/mol. The highest BCUT2D eigenvalue weighted by Crippen LogP contribution is 2.02. The van der Waals surface area contributed by atoms with E-state index in [9.17, 15) is 9.59 Å². The van der Waals surface area contributed by atoms with Crippen molar-refractivity contribution in [2.75, 3.05) is 0 Å². The first-order valence-corrected chi connectivity index (χ1v) is 5.93. The maximum Gasteiger partial charge on any atom is 0.239 e. The molecule has 0 saturated carbocycles. The molecule has 0 saturated heterocycles. The number of hydrogen-bond donors (Lipinski definition) is 3. The average Bonchev–Trinajstić information content (AvgIpc) is 2.36. The fraction of sp³-hybridized carbons (Fsp3) is 0.385. The van der Waals surface area contributed by atoms with Gasteiger partial charge in [0.05, 0.1) is 6.04 Å². The summed E-state index contributed by atoms with van der Waals surface area (Å²) in [4.78, 5) is 22.8. The summed E-state index contributed by atoms with van der Waals surface area (Å²) in [6.07, 6.45) is 0.890. The van der Waals surface area contributed by atoms with E-state index in [0.717, 1.165) is 5.56 Å². The minimum absolute atomic E-state index is 0.357. The number of nitrogens with one attached hydrogen (secondary N) is 1. The van der Waals surface area contributed by atoms with Gasteiger partial charge < -0.3 is 16.8 Å². The minimum Gasteiger partial charge on any atom is -0.368 e. The van der Waals surface area contributed by atoms with Gasteiger partial charge in [0, 0.05) is 0 Å². The van der Waals surface area contributed by atoms with Crippen molar-refractivity contribution >= 4 is 11.8 Å². The zero-order valence-electron chi connectivity index (χ0n) is 10.4. The van der Waals surface area contributed by atoms with Crippen LogP contribution in [0.25, 0.3) is 0 Å². The van der Waals surface area contributed by atoms with Crippen molar-refractivity contribution < 1.29 is 9.59 Å². The molecule has 5 nitrogen and oxygen atoms in total. The normalized spacial score (nSPS) is 13.7. The molecule has 0 fully saturated rings. The molecule has 0 heterocycles. The van der Waals surface area contributed by atoms with Gasteiger partial charge in [-0.15, -0.1) is 0 Å². The summed E-state index contributed by atoms with van der Waals surface area (Å²) in [5, 5.41) is 2.55. The molecule has 18 heavy (non-hydrogen) atoms. The second-order valence-electron chi connectivity index (χ2n) is 4.17. The Morgan fingerprint density at radius 3 is 2.39 bits per heavy atom. The van der Waals surface area contributed by atoms with Crippen LogP contribution in [-0.2, 0) is 16.0 Å². The van der Waals surface area contributed by atoms with Crippen molar-refractivity contribution in [3.05, 3.63) is 35.9 Å². The number of primary amides is 1. The summed E-state index contributed by atoms with van der Waals surface area (Å²) in [7, 11) is 0. The maximum atomic E-state index is 11.8. The van der Waals surface area contributed by atoms with Crippen LogP contribution in [0.3, 0.4) is 0 Å². The first-order valence-electron chi connectivity index (χ1n) is 5.93. The Bertz CT molecular complexity index is 406. The molecule has 1 rings (SSSR count). The van der Waals surface area contributed by atoms with Gasteiger partial charge in [-0.25, -0.2) is 0 Å². The molecule has 0 aromatic heterocycles. The topological polar surface area (TPSA) is 98.2 Å². The maximum absolute atomic E-state index is 11.8. The lowest BCUT2D eigenvalue weighted by atomic mass is 10.1. The van der Waals surface area contributed by atoms with E-state index in [1.54, 1.807) is 6.92 Å². The quantitative estimate of drug-likeness (QED) is 0.658. The summed E-state index contributed by atoms with van der Waals surface area (Å²) in [5.74, 6) is -0.901. The third-order valence-corrected chi connectivity index (χ3v) is 2.70. The average molecular weight is 249 g/mol. The molecular weight excluding hydrogens is 230 g/mol. The predicted octanol–water partition coefficient (Wildman–Crippen LogP) is -0.0635. The van der Waals surface area contributed by atoms with E-state index >= 15 is 0 Å². The molecular formula is C13H19N3O2. The third-order valence-electron chi connectivity index (χ3n) is 2.70. The van der Waals surface area contributed by atoms with Crippen molar-refractivity contribution in [2.45, 2.75) is 31.8 Å².